The number of methoxy groups -OCH3 is 4. The van der Waals surface area contributed by atoms with Crippen molar-refractivity contribution in [3.63, 3.8) is 0 Å². The minimum atomic E-state index is -1.33. The molecule has 0 aromatic heterocycles. The molecule has 3 heterocycles. The number of nitriles is 1. The van der Waals surface area contributed by atoms with Crippen LogP contribution in [-0.4, -0.2) is 143 Å². The van der Waals surface area contributed by atoms with Gasteiger partial charge in [-0.2, -0.15) is 15.2 Å². The summed E-state index contributed by atoms with van der Waals surface area (Å²) < 4.78 is 36.1. The predicted octanol–water partition coefficient (Wildman–Crippen LogP) is -0.152. The summed E-state index contributed by atoms with van der Waals surface area (Å²) in [5.41, 5.74) is 3.73. The molecule has 6 radical (unpaired) electrons. The molecule has 0 aromatic carbocycles. The second-order valence-corrected chi connectivity index (χ2v) is 14.3. The highest BCUT2D eigenvalue weighted by Gasteiger charge is 2.54. The van der Waals surface area contributed by atoms with Crippen LogP contribution in [0, 0.1) is 22.2 Å². The number of hydrogen-bond donors (Lipinski definition) is 3. The Bertz CT molecular complexity index is 892. The number of primary amides is 1. The topological polar surface area (TPSA) is 172 Å². The molecule has 16 atom stereocenters. The summed E-state index contributed by atoms with van der Waals surface area (Å²) in [5.74, 6) is -0.733. The zero-order valence-corrected chi connectivity index (χ0v) is 34.0. The van der Waals surface area contributed by atoms with Crippen LogP contribution in [0.2, 0.25) is 0 Å². The fourth-order valence-electron chi connectivity index (χ4n) is 4.49. The second-order valence-electron chi connectivity index (χ2n) is 9.92. The maximum Gasteiger partial charge on any atom is 0.227 e. The van der Waals surface area contributed by atoms with Gasteiger partial charge in [0.1, 0.15) is 59.5 Å². The number of nitrogens with two attached hydrogens (primary N) is 1. The predicted molar refractivity (Wildman–Crippen MR) is 200 cm³/mol. The molecule has 21 heteroatoms. The van der Waals surface area contributed by atoms with Gasteiger partial charge in [-0.3, -0.25) is 4.79 Å². The first-order valence-electron chi connectivity index (χ1n) is 13.1. The van der Waals surface area contributed by atoms with E-state index in [0.29, 0.717) is 13.2 Å². The van der Waals surface area contributed by atoms with Crippen LogP contribution in [0.3, 0.4) is 0 Å². The highest BCUT2D eigenvalue weighted by atomic mass is 32.4. The summed E-state index contributed by atoms with van der Waals surface area (Å²) in [6.45, 7) is 7.41. The normalized spacial score (nSPS) is 36.2. The molecule has 3 rings (SSSR count). The molecular formula is C24H51B3N2O10P6. The molecule has 45 heavy (non-hydrogen) atoms. The molecule has 12 nitrogen and oxygen atoms in total. The fraction of sp³-hybridized carbons (Fsp3) is 0.833. The molecule has 5 unspecified atom stereocenters. The molecule has 0 aromatic rings. The van der Waals surface area contributed by atoms with Crippen LogP contribution in [0.15, 0.2) is 12.2 Å². The molecule has 4 N–H and O–H groups in total. The Labute approximate surface area is 287 Å². The molecule has 0 bridgehead atoms. The first-order valence-corrected chi connectivity index (χ1v) is 20.4. The number of carbonyl (C=O) groups is 1. The van der Waals surface area contributed by atoms with Gasteiger partial charge in [0.05, 0.1) is 37.4 Å². The average Bonchev–Trinajstić information content (AvgIpc) is 3.51. The number of nitrogens with zero attached hydrogens (tertiary/aromatic N) is 1. The quantitative estimate of drug-likeness (QED) is 0.172. The summed E-state index contributed by atoms with van der Waals surface area (Å²) in [4.78, 5) is 11.0. The smallest absolute Gasteiger partial charge is 0.227 e. The summed E-state index contributed by atoms with van der Waals surface area (Å²) in [6.07, 6.45) is -2.88. The van der Waals surface area contributed by atoms with Crippen molar-refractivity contribution in [3.05, 3.63) is 12.2 Å². The van der Waals surface area contributed by atoms with E-state index in [1.807, 2.05) is 0 Å². The van der Waals surface area contributed by atoms with Gasteiger partial charge in [0.15, 0.2) is 0 Å². The lowest BCUT2D eigenvalue weighted by Gasteiger charge is -2.27. The van der Waals surface area contributed by atoms with Gasteiger partial charge in [-0.15, -0.1) is 35.7 Å². The Kier molecular flexibility index (Phi) is 29.2. The molecule has 1 amide bonds. The van der Waals surface area contributed by atoms with E-state index in [1.54, 1.807) is 35.4 Å². The molecule has 3 fully saturated rings. The van der Waals surface area contributed by atoms with E-state index in [-0.39, 0.29) is 34.3 Å². The van der Waals surface area contributed by atoms with Gasteiger partial charge >= 0.3 is 0 Å². The lowest BCUT2D eigenvalue weighted by Crippen LogP contribution is -2.49. The number of aliphatic hydroxyl groups is 2. The third-order valence-corrected chi connectivity index (χ3v) is 7.23. The van der Waals surface area contributed by atoms with Crippen molar-refractivity contribution < 1.29 is 48.2 Å². The molecule has 3 saturated heterocycles. The first kappa shape index (κ1) is 50.5. The number of ether oxygens (including phenoxy) is 7. The van der Waals surface area contributed by atoms with Gasteiger partial charge in [-0.1, -0.05) is 14.5 Å². The molecule has 256 valence electrons. The SMILES string of the molecule is P.PP.PPP.[B][C@@H]1O[C@H](CO)[C@@H](O)[C@@]1(C)C(N)=O.[B][C@@H]1O[C@H](COC)[C@@H](OC)C1=C.[B][C@@H]1O[C@H](COC)[C@@H](OC)[C@@]1(C)C#N. The number of rotatable bonds is 8. The van der Waals surface area contributed by atoms with Gasteiger partial charge in [0, 0.05) is 46.4 Å². The van der Waals surface area contributed by atoms with Crippen molar-refractivity contribution in [3.8, 4) is 6.07 Å². The van der Waals surface area contributed by atoms with E-state index in [4.69, 9.17) is 72.8 Å². The fourth-order valence-corrected chi connectivity index (χ4v) is 4.49. The van der Waals surface area contributed by atoms with Crippen LogP contribution in [0.4, 0.5) is 0 Å². The monoisotopic (exact) mass is 746 g/mol. The van der Waals surface area contributed by atoms with Crippen LogP contribution in [0.25, 0.3) is 0 Å². The first-order chi connectivity index (χ1) is 20.7. The maximum atomic E-state index is 11.0. The van der Waals surface area contributed by atoms with Crippen molar-refractivity contribution >= 4 is 83.0 Å². The Morgan fingerprint density at radius 2 is 1.49 bits per heavy atom. The van der Waals surface area contributed by atoms with Gasteiger partial charge in [-0.05, 0) is 19.4 Å². The van der Waals surface area contributed by atoms with Crippen LogP contribution in [0.5, 0.6) is 0 Å². The van der Waals surface area contributed by atoms with E-state index in [2.05, 4.69) is 48.4 Å². The highest BCUT2D eigenvalue weighted by molar-refractivity contribution is 8.33. The van der Waals surface area contributed by atoms with Crippen LogP contribution >= 0.6 is 53.6 Å². The summed E-state index contributed by atoms with van der Waals surface area (Å²) in [5, 5.41) is 27.4. The Morgan fingerprint density at radius 1 is 1.02 bits per heavy atom. The number of amides is 1. The molecule has 0 spiro atoms. The summed E-state index contributed by atoms with van der Waals surface area (Å²) >= 11 is 0. The van der Waals surface area contributed by atoms with Crippen molar-refractivity contribution in [2.45, 2.75) is 68.5 Å². The largest absolute Gasteiger partial charge is 0.394 e. The third kappa shape index (κ3) is 13.7. The second kappa shape index (κ2) is 26.0. The molecule has 3 aliphatic heterocycles. The van der Waals surface area contributed by atoms with E-state index in [9.17, 15) is 9.90 Å². The van der Waals surface area contributed by atoms with E-state index >= 15 is 0 Å². The van der Waals surface area contributed by atoms with Crippen molar-refractivity contribution in [2.75, 3.05) is 48.3 Å². The standard InChI is InChI=1S/C9H14BNO3.C8H13BO3.C7H12BNO4.H5P3.H4P2.H3P/c1-9(5-11)7(13-3)6(4-12-2)14-8(9)10;1-5-7(11-3)6(4-10-2)12-8(5)9;1-7(6(9)12)4(11)3(2-10)13-5(7)8;1-3-2;1-2;/h6-8H,4H2,1-3H3;6-8H,1,4H2,2-3H3;3-5,10-11H,2H2,1H3,(H2,9,12);3H,1-2H2;1-2H2;1H3/t6-,7-,8-,9-;6-,7+,8-;3-,4-,5-,7-;;;/m111.../s1. The van der Waals surface area contributed by atoms with Crippen LogP contribution < -0.4 is 5.73 Å². The molecule has 3 aliphatic rings. The lowest BCUT2D eigenvalue weighted by molar-refractivity contribution is -0.131. The third-order valence-electron chi connectivity index (χ3n) is 7.23. The summed E-state index contributed by atoms with van der Waals surface area (Å²) in [7, 11) is 33.9. The van der Waals surface area contributed by atoms with E-state index in [1.165, 1.54) is 6.92 Å². The number of aliphatic hydroxyl groups excluding tert-OH is 2. The maximum absolute atomic E-state index is 11.0. The number of carbonyl (C=O) groups excluding carboxylic acids is 1. The zero-order valence-electron chi connectivity index (χ0n) is 27.0. The van der Waals surface area contributed by atoms with Crippen molar-refractivity contribution in [1.29, 1.82) is 5.26 Å². The molecule has 0 aliphatic carbocycles. The number of hydrogen-bond acceptors (Lipinski definition) is 11. The summed E-state index contributed by atoms with van der Waals surface area (Å²) in [6, 6.07) is 0.126. The van der Waals surface area contributed by atoms with Gasteiger partial charge < -0.3 is 49.1 Å². The Balaban J connectivity index is -0.000000543. The average molecular weight is 746 g/mol. The highest BCUT2D eigenvalue weighted by Crippen LogP contribution is 2.39. The van der Waals surface area contributed by atoms with Gasteiger partial charge in [0.25, 0.3) is 0 Å². The minimum absolute atomic E-state index is 0. The van der Waals surface area contributed by atoms with Crippen LogP contribution in [0.1, 0.15) is 13.8 Å². The van der Waals surface area contributed by atoms with E-state index in [0.717, 1.165) is 13.5 Å². The van der Waals surface area contributed by atoms with Gasteiger partial charge in [0.2, 0.25) is 5.91 Å². The van der Waals surface area contributed by atoms with Crippen LogP contribution in [-0.2, 0) is 38.0 Å². The molecular weight excluding hydrogens is 695 g/mol. The van der Waals surface area contributed by atoms with Crippen molar-refractivity contribution in [1.82, 2.24) is 0 Å². The Hall–Kier alpha value is 1.11. The minimum Gasteiger partial charge on any atom is -0.394 e. The Morgan fingerprint density at radius 3 is 1.82 bits per heavy atom. The van der Waals surface area contributed by atoms with E-state index < -0.39 is 53.6 Å². The van der Waals surface area contributed by atoms with Crippen molar-refractivity contribution in [2.24, 2.45) is 16.6 Å². The molecule has 0 saturated carbocycles. The van der Waals surface area contributed by atoms with Gasteiger partial charge in [-0.25, -0.2) is 0 Å². The zero-order chi connectivity index (χ0) is 34.8. The lowest BCUT2D eigenvalue weighted by atomic mass is 9.71.